The largest absolute Gasteiger partial charge is 0.395 e. The Balaban J connectivity index is 2.98. The van der Waals surface area contributed by atoms with Crippen LogP contribution in [0.2, 0.25) is 0 Å². The summed E-state index contributed by atoms with van der Waals surface area (Å²) in [6.45, 7) is 5.01. The van der Waals surface area contributed by atoms with Gasteiger partial charge in [0.25, 0.3) is 5.69 Å². The summed E-state index contributed by atoms with van der Waals surface area (Å²) >= 11 is 3.23. The Morgan fingerprint density at radius 3 is 2.67 bits per heavy atom. The first-order valence-electron chi connectivity index (χ1n) is 5.73. The van der Waals surface area contributed by atoms with E-state index in [0.29, 0.717) is 23.1 Å². The van der Waals surface area contributed by atoms with Crippen LogP contribution in [0, 0.1) is 10.1 Å². The minimum atomic E-state index is -0.377. The normalized spacial score (nSPS) is 11.2. The molecule has 0 aromatic heterocycles. The molecule has 0 aliphatic rings. The van der Waals surface area contributed by atoms with Crippen LogP contribution in [0.5, 0.6) is 0 Å². The predicted molar refractivity (Wildman–Crippen MR) is 73.4 cm³/mol. The average molecular weight is 317 g/mol. The fraction of sp³-hybridized carbons (Fsp3) is 0.500. The van der Waals surface area contributed by atoms with Crippen molar-refractivity contribution in [1.82, 2.24) is 4.90 Å². The molecule has 1 N–H and O–H groups in total. The van der Waals surface area contributed by atoms with E-state index >= 15 is 0 Å². The van der Waals surface area contributed by atoms with Crippen LogP contribution in [0.4, 0.5) is 5.69 Å². The maximum Gasteiger partial charge on any atom is 0.275 e. The SMILES string of the molecule is CC(C)N(CCO)Cc1ccc(Br)cc1[N+](=O)[O-]. The highest BCUT2D eigenvalue weighted by atomic mass is 79.9. The van der Waals surface area contributed by atoms with Gasteiger partial charge in [-0.15, -0.1) is 0 Å². The number of benzene rings is 1. The fourth-order valence-corrected chi connectivity index (χ4v) is 2.06. The molecule has 1 aromatic rings. The highest BCUT2D eigenvalue weighted by Crippen LogP contribution is 2.25. The van der Waals surface area contributed by atoms with Gasteiger partial charge in [-0.3, -0.25) is 15.0 Å². The number of nitro groups is 1. The Kier molecular flexibility index (Phi) is 5.71. The molecule has 0 atom stereocenters. The van der Waals surface area contributed by atoms with Crippen LogP contribution in [-0.4, -0.2) is 34.1 Å². The fourth-order valence-electron chi connectivity index (χ4n) is 1.71. The lowest BCUT2D eigenvalue weighted by Crippen LogP contribution is -2.33. The zero-order valence-electron chi connectivity index (χ0n) is 10.5. The lowest BCUT2D eigenvalue weighted by molar-refractivity contribution is -0.385. The molecule has 0 fully saturated rings. The van der Waals surface area contributed by atoms with Gasteiger partial charge >= 0.3 is 0 Å². The van der Waals surface area contributed by atoms with E-state index in [2.05, 4.69) is 15.9 Å². The van der Waals surface area contributed by atoms with Gasteiger partial charge in [-0.1, -0.05) is 15.9 Å². The maximum atomic E-state index is 11.0. The van der Waals surface area contributed by atoms with Crippen LogP contribution in [0.25, 0.3) is 0 Å². The second-order valence-corrected chi connectivity index (χ2v) is 5.23. The molecule has 1 aromatic carbocycles. The van der Waals surface area contributed by atoms with Crippen LogP contribution in [0.1, 0.15) is 19.4 Å². The van der Waals surface area contributed by atoms with Gasteiger partial charge in [-0.2, -0.15) is 0 Å². The Morgan fingerprint density at radius 1 is 1.50 bits per heavy atom. The summed E-state index contributed by atoms with van der Waals surface area (Å²) in [5.74, 6) is 0. The zero-order chi connectivity index (χ0) is 13.7. The number of rotatable bonds is 6. The summed E-state index contributed by atoms with van der Waals surface area (Å²) in [6, 6.07) is 5.27. The molecule has 18 heavy (non-hydrogen) atoms. The molecule has 0 heterocycles. The third-order valence-electron chi connectivity index (χ3n) is 2.73. The number of nitrogens with zero attached hydrogens (tertiary/aromatic N) is 2. The molecule has 0 bridgehead atoms. The Morgan fingerprint density at radius 2 is 2.17 bits per heavy atom. The number of aliphatic hydroxyl groups is 1. The number of hydrogen-bond acceptors (Lipinski definition) is 4. The van der Waals surface area contributed by atoms with E-state index in [0.717, 1.165) is 0 Å². The van der Waals surface area contributed by atoms with Crippen molar-refractivity contribution in [2.45, 2.75) is 26.4 Å². The van der Waals surface area contributed by atoms with Gasteiger partial charge in [0, 0.05) is 35.2 Å². The second kappa shape index (κ2) is 6.82. The van der Waals surface area contributed by atoms with Gasteiger partial charge in [-0.05, 0) is 26.0 Å². The molecule has 0 radical (unpaired) electrons. The van der Waals surface area contributed by atoms with E-state index < -0.39 is 0 Å². The molecular formula is C12H17BrN2O3. The van der Waals surface area contributed by atoms with Crippen LogP contribution in [0.15, 0.2) is 22.7 Å². The lowest BCUT2D eigenvalue weighted by Gasteiger charge is -2.25. The van der Waals surface area contributed by atoms with Gasteiger partial charge in [0.15, 0.2) is 0 Å². The Bertz CT molecular complexity index is 424. The molecule has 1 rings (SSSR count). The summed E-state index contributed by atoms with van der Waals surface area (Å²) in [5, 5.41) is 20.0. The number of hydrogen-bond donors (Lipinski definition) is 1. The molecule has 0 unspecified atom stereocenters. The summed E-state index contributed by atoms with van der Waals surface area (Å²) in [4.78, 5) is 12.6. The first kappa shape index (κ1) is 15.1. The van der Waals surface area contributed by atoms with Crippen LogP contribution in [0.3, 0.4) is 0 Å². The quantitative estimate of drug-likeness (QED) is 0.647. The molecular weight excluding hydrogens is 300 g/mol. The van der Waals surface area contributed by atoms with Crippen molar-refractivity contribution in [3.63, 3.8) is 0 Å². The maximum absolute atomic E-state index is 11.0. The van der Waals surface area contributed by atoms with Crippen molar-refractivity contribution in [3.8, 4) is 0 Å². The second-order valence-electron chi connectivity index (χ2n) is 4.32. The van der Waals surface area contributed by atoms with Crippen LogP contribution >= 0.6 is 15.9 Å². The summed E-state index contributed by atoms with van der Waals surface area (Å²) < 4.78 is 0.691. The number of nitro benzene ring substituents is 1. The van der Waals surface area contributed by atoms with Gasteiger partial charge in [0.1, 0.15) is 0 Å². The lowest BCUT2D eigenvalue weighted by atomic mass is 10.1. The Hall–Kier alpha value is -0.980. The zero-order valence-corrected chi connectivity index (χ0v) is 12.1. The topological polar surface area (TPSA) is 66.6 Å². The molecule has 0 aliphatic heterocycles. The molecule has 0 spiro atoms. The monoisotopic (exact) mass is 316 g/mol. The van der Waals surface area contributed by atoms with E-state index in [1.807, 2.05) is 18.7 Å². The van der Waals surface area contributed by atoms with Crippen molar-refractivity contribution in [1.29, 1.82) is 0 Å². The van der Waals surface area contributed by atoms with Gasteiger partial charge < -0.3 is 5.11 Å². The number of halogens is 1. The van der Waals surface area contributed by atoms with Gasteiger partial charge in [-0.25, -0.2) is 0 Å². The van der Waals surface area contributed by atoms with Crippen LogP contribution < -0.4 is 0 Å². The summed E-state index contributed by atoms with van der Waals surface area (Å²) in [6.07, 6.45) is 0. The third-order valence-corrected chi connectivity index (χ3v) is 3.23. The minimum Gasteiger partial charge on any atom is -0.395 e. The first-order valence-corrected chi connectivity index (χ1v) is 6.52. The summed E-state index contributed by atoms with van der Waals surface area (Å²) in [5.41, 5.74) is 0.762. The van der Waals surface area contributed by atoms with Crippen molar-refractivity contribution < 1.29 is 10.0 Å². The average Bonchev–Trinajstić information content (AvgIpc) is 2.30. The molecule has 0 saturated carbocycles. The van der Waals surface area contributed by atoms with E-state index in [1.165, 1.54) is 6.07 Å². The van der Waals surface area contributed by atoms with Gasteiger partial charge in [0.05, 0.1) is 11.5 Å². The molecule has 6 heteroatoms. The van der Waals surface area contributed by atoms with E-state index in [1.54, 1.807) is 12.1 Å². The van der Waals surface area contributed by atoms with Crippen molar-refractivity contribution in [2.75, 3.05) is 13.2 Å². The van der Waals surface area contributed by atoms with E-state index in [-0.39, 0.29) is 23.3 Å². The molecule has 100 valence electrons. The van der Waals surface area contributed by atoms with Gasteiger partial charge in [0.2, 0.25) is 0 Å². The van der Waals surface area contributed by atoms with E-state index in [9.17, 15) is 10.1 Å². The molecule has 5 nitrogen and oxygen atoms in total. The third kappa shape index (κ3) is 4.04. The number of aliphatic hydroxyl groups excluding tert-OH is 1. The van der Waals surface area contributed by atoms with Crippen molar-refractivity contribution >= 4 is 21.6 Å². The smallest absolute Gasteiger partial charge is 0.275 e. The molecule has 0 saturated heterocycles. The van der Waals surface area contributed by atoms with Crippen LogP contribution in [-0.2, 0) is 6.54 Å². The Labute approximate surface area is 115 Å². The predicted octanol–water partition coefficient (Wildman–Crippen LogP) is 2.56. The van der Waals surface area contributed by atoms with Crippen molar-refractivity contribution in [2.24, 2.45) is 0 Å². The highest BCUT2D eigenvalue weighted by Gasteiger charge is 2.18. The van der Waals surface area contributed by atoms with E-state index in [4.69, 9.17) is 5.11 Å². The first-order chi connectivity index (χ1) is 8.45. The molecule has 0 amide bonds. The molecule has 0 aliphatic carbocycles. The minimum absolute atomic E-state index is 0.0442. The van der Waals surface area contributed by atoms with Crippen molar-refractivity contribution in [3.05, 3.63) is 38.3 Å². The highest BCUT2D eigenvalue weighted by molar-refractivity contribution is 9.10. The summed E-state index contributed by atoms with van der Waals surface area (Å²) in [7, 11) is 0. The standard InChI is InChI=1S/C12H17BrN2O3/c1-9(2)14(5-6-16)8-10-3-4-11(13)7-12(10)15(17)18/h3-4,7,9,16H,5-6,8H2,1-2H3.